The SMILES string of the molecule is COc1ccc([C@@H]2CN(C(=O)[C@@H](O)CO)C[C@@]2(C)C(C)O)cc1OC1CN(c2cc(C)c(C(=O)ON=O)cn2)C1. The maximum atomic E-state index is 12.6. The van der Waals surface area contributed by atoms with Crippen LogP contribution < -0.4 is 14.4 Å². The van der Waals surface area contributed by atoms with Crippen LogP contribution in [0.5, 0.6) is 11.5 Å². The van der Waals surface area contributed by atoms with Gasteiger partial charge in [-0.2, -0.15) is 0 Å². The highest BCUT2D eigenvalue weighted by Gasteiger charge is 2.49. The van der Waals surface area contributed by atoms with Crippen molar-refractivity contribution in [3.63, 3.8) is 0 Å². The number of benzene rings is 1. The first kappa shape index (κ1) is 29.2. The van der Waals surface area contributed by atoms with Crippen molar-refractivity contribution in [1.82, 2.24) is 9.88 Å². The third-order valence-electron chi connectivity index (χ3n) is 7.95. The summed E-state index contributed by atoms with van der Waals surface area (Å²) in [5.41, 5.74) is 0.886. The van der Waals surface area contributed by atoms with Crippen LogP contribution in [0.25, 0.3) is 0 Å². The Bertz CT molecular complexity index is 1270. The molecule has 0 radical (unpaired) electrons. The first-order valence-corrected chi connectivity index (χ1v) is 12.9. The van der Waals surface area contributed by atoms with Gasteiger partial charge in [-0.1, -0.05) is 13.0 Å². The monoisotopic (exact) mass is 558 g/mol. The van der Waals surface area contributed by atoms with E-state index in [1.54, 1.807) is 33.1 Å². The fourth-order valence-electron chi connectivity index (χ4n) is 5.27. The van der Waals surface area contributed by atoms with Crippen LogP contribution in [0.3, 0.4) is 0 Å². The van der Waals surface area contributed by atoms with Crippen LogP contribution >= 0.6 is 0 Å². The van der Waals surface area contributed by atoms with E-state index in [1.807, 2.05) is 24.0 Å². The Balaban J connectivity index is 1.49. The van der Waals surface area contributed by atoms with Gasteiger partial charge in [-0.05, 0) is 43.2 Å². The third-order valence-corrected chi connectivity index (χ3v) is 7.95. The molecule has 1 aromatic carbocycles. The minimum Gasteiger partial charge on any atom is -0.493 e. The number of methoxy groups -OCH3 is 1. The Kier molecular flexibility index (Phi) is 8.57. The van der Waals surface area contributed by atoms with Crippen molar-refractivity contribution in [1.29, 1.82) is 0 Å². The summed E-state index contributed by atoms with van der Waals surface area (Å²) >= 11 is 0. The normalized spacial score (nSPS) is 22.3. The minimum absolute atomic E-state index is 0.153. The molecule has 2 aromatic rings. The minimum atomic E-state index is -1.51. The van der Waals surface area contributed by atoms with E-state index in [-0.39, 0.29) is 30.7 Å². The summed E-state index contributed by atoms with van der Waals surface area (Å²) in [6.07, 6.45) is -1.11. The average molecular weight is 559 g/mol. The standard InChI is InChI=1S/C27H34N4O9/c1-15-7-24(28-9-19(15)26(36)40-29-37)30-10-18(11-30)39-23-8-17(5-6-22(23)38-4)20-12-31(25(35)21(34)13-32)14-27(20,3)16(2)33/h5-9,16,18,20-21,32-34H,10-14H2,1-4H3/t16?,20-,21-,27-/m0/s1. The molecular formula is C27H34N4O9. The maximum Gasteiger partial charge on any atom is 0.371 e. The van der Waals surface area contributed by atoms with Gasteiger partial charge in [0.15, 0.2) is 22.9 Å². The van der Waals surface area contributed by atoms with Crippen molar-refractivity contribution in [2.75, 3.05) is 44.8 Å². The van der Waals surface area contributed by atoms with Crippen LogP contribution in [0.15, 0.2) is 35.8 Å². The molecule has 0 aliphatic carbocycles. The molecule has 2 aliphatic heterocycles. The second-order valence-electron chi connectivity index (χ2n) is 10.5. The molecule has 1 unspecified atom stereocenters. The van der Waals surface area contributed by atoms with Gasteiger partial charge < -0.3 is 34.6 Å². The van der Waals surface area contributed by atoms with Gasteiger partial charge in [-0.25, -0.2) is 9.78 Å². The summed E-state index contributed by atoms with van der Waals surface area (Å²) in [5.74, 6) is -0.0213. The van der Waals surface area contributed by atoms with Crippen LogP contribution in [0.2, 0.25) is 0 Å². The largest absolute Gasteiger partial charge is 0.493 e. The zero-order chi connectivity index (χ0) is 29.2. The number of pyridine rings is 1. The van der Waals surface area contributed by atoms with Crippen molar-refractivity contribution >= 4 is 17.7 Å². The number of aliphatic hydroxyl groups excluding tert-OH is 3. The first-order chi connectivity index (χ1) is 19.0. The lowest BCUT2D eigenvalue weighted by atomic mass is 9.72. The number of hydrogen-bond donors (Lipinski definition) is 3. The third kappa shape index (κ3) is 5.58. The number of rotatable bonds is 10. The summed E-state index contributed by atoms with van der Waals surface area (Å²) in [6, 6.07) is 7.23. The van der Waals surface area contributed by atoms with Crippen LogP contribution in [0.4, 0.5) is 5.82 Å². The van der Waals surface area contributed by atoms with Crippen molar-refractivity contribution in [2.24, 2.45) is 10.8 Å². The number of anilines is 1. The number of hydrogen-bond acceptors (Lipinski definition) is 12. The number of aromatic nitrogens is 1. The summed E-state index contributed by atoms with van der Waals surface area (Å²) in [4.78, 5) is 46.5. The fourth-order valence-corrected chi connectivity index (χ4v) is 5.27. The molecule has 0 spiro atoms. The highest BCUT2D eigenvalue weighted by molar-refractivity contribution is 5.90. The molecule has 216 valence electrons. The second kappa shape index (κ2) is 11.7. The molecule has 1 amide bonds. The molecule has 40 heavy (non-hydrogen) atoms. The Morgan fingerprint density at radius 3 is 2.52 bits per heavy atom. The van der Waals surface area contributed by atoms with E-state index in [9.17, 15) is 29.8 Å². The van der Waals surface area contributed by atoms with E-state index in [0.29, 0.717) is 36.0 Å². The van der Waals surface area contributed by atoms with Crippen molar-refractivity contribution in [2.45, 2.75) is 45.0 Å². The lowest BCUT2D eigenvalue weighted by Crippen LogP contribution is -2.54. The molecule has 1 aromatic heterocycles. The Labute approximate surface area is 231 Å². The Hall–Kier alpha value is -3.81. The summed E-state index contributed by atoms with van der Waals surface area (Å²) in [7, 11) is 1.54. The number of amides is 1. The Morgan fingerprint density at radius 2 is 1.93 bits per heavy atom. The molecule has 4 rings (SSSR count). The van der Waals surface area contributed by atoms with E-state index in [2.05, 4.69) is 15.2 Å². The number of nitrogens with zero attached hydrogens (tertiary/aromatic N) is 4. The smallest absolute Gasteiger partial charge is 0.371 e. The van der Waals surface area contributed by atoms with Crippen LogP contribution in [0.1, 0.15) is 41.3 Å². The van der Waals surface area contributed by atoms with E-state index < -0.39 is 36.1 Å². The highest BCUT2D eigenvalue weighted by atomic mass is 16.7. The topological polar surface area (TPSA) is 171 Å². The number of carbonyl (C=O) groups is 2. The molecular weight excluding hydrogens is 524 g/mol. The van der Waals surface area contributed by atoms with Gasteiger partial charge in [0.25, 0.3) is 5.91 Å². The molecule has 13 heteroatoms. The molecule has 0 saturated carbocycles. The fraction of sp³-hybridized carbons (Fsp3) is 0.519. The molecule has 3 heterocycles. The molecule has 4 atom stereocenters. The highest BCUT2D eigenvalue weighted by Crippen LogP contribution is 2.47. The van der Waals surface area contributed by atoms with Crippen LogP contribution in [0, 0.1) is 17.2 Å². The predicted molar refractivity (Wildman–Crippen MR) is 142 cm³/mol. The van der Waals surface area contributed by atoms with Gasteiger partial charge in [0.1, 0.15) is 11.9 Å². The summed E-state index contributed by atoms with van der Waals surface area (Å²) < 4.78 is 11.8. The van der Waals surface area contributed by atoms with Gasteiger partial charge >= 0.3 is 5.97 Å². The second-order valence-corrected chi connectivity index (χ2v) is 10.5. The molecule has 13 nitrogen and oxygen atoms in total. The van der Waals surface area contributed by atoms with E-state index >= 15 is 0 Å². The summed E-state index contributed by atoms with van der Waals surface area (Å²) in [6.45, 7) is 6.14. The lowest BCUT2D eigenvalue weighted by Gasteiger charge is -2.40. The molecule has 0 bridgehead atoms. The number of carbonyl (C=O) groups excluding carboxylic acids is 2. The van der Waals surface area contributed by atoms with Gasteiger partial charge in [0.05, 0.1) is 38.5 Å². The van der Waals surface area contributed by atoms with Crippen molar-refractivity contribution in [3.05, 3.63) is 52.1 Å². The number of aliphatic hydroxyl groups is 3. The summed E-state index contributed by atoms with van der Waals surface area (Å²) in [5, 5.41) is 32.0. The average Bonchev–Trinajstić information content (AvgIpc) is 3.28. The number of ether oxygens (including phenoxy) is 2. The first-order valence-electron chi connectivity index (χ1n) is 12.9. The van der Waals surface area contributed by atoms with Gasteiger partial charge in [-0.15, -0.1) is 4.91 Å². The van der Waals surface area contributed by atoms with E-state index in [1.165, 1.54) is 11.1 Å². The Morgan fingerprint density at radius 1 is 1.20 bits per heavy atom. The predicted octanol–water partition coefficient (Wildman–Crippen LogP) is 1.17. The van der Waals surface area contributed by atoms with E-state index in [0.717, 1.165) is 5.56 Å². The van der Waals surface area contributed by atoms with Gasteiger partial charge in [0, 0.05) is 30.6 Å². The van der Waals surface area contributed by atoms with Crippen LogP contribution in [-0.2, 0) is 9.63 Å². The van der Waals surface area contributed by atoms with Gasteiger partial charge in [0.2, 0.25) is 0 Å². The van der Waals surface area contributed by atoms with Crippen LogP contribution in [-0.4, -0.2) is 95.3 Å². The number of likely N-dealkylation sites (tertiary alicyclic amines) is 1. The lowest BCUT2D eigenvalue weighted by molar-refractivity contribution is -0.141. The van der Waals surface area contributed by atoms with E-state index in [4.69, 9.17) is 9.47 Å². The molecule has 2 saturated heterocycles. The van der Waals surface area contributed by atoms with Crippen molar-refractivity contribution in [3.8, 4) is 11.5 Å². The molecule has 3 N–H and O–H groups in total. The zero-order valence-corrected chi connectivity index (χ0v) is 22.8. The quantitative estimate of drug-likeness (QED) is 0.282. The molecule has 2 fully saturated rings. The van der Waals surface area contributed by atoms with Crippen molar-refractivity contribution < 1.29 is 39.2 Å². The molecule has 2 aliphatic rings. The number of aryl methyl sites for hydroxylation is 1. The zero-order valence-electron chi connectivity index (χ0n) is 22.8. The maximum absolute atomic E-state index is 12.6. The van der Waals surface area contributed by atoms with Gasteiger partial charge in [-0.3, -0.25) is 9.63 Å².